The molecule has 2 aliphatic rings. The van der Waals surface area contributed by atoms with Crippen LogP contribution in [0.5, 0.6) is 5.75 Å². The fraction of sp³-hybridized carbons (Fsp3) is 0.208. The van der Waals surface area contributed by atoms with Crippen molar-refractivity contribution in [1.82, 2.24) is 4.98 Å². The molecule has 1 aliphatic carbocycles. The number of carbonyl (C=O) groups excluding carboxylic acids is 2. The van der Waals surface area contributed by atoms with Gasteiger partial charge >= 0.3 is 0 Å². The van der Waals surface area contributed by atoms with Crippen molar-refractivity contribution in [2.45, 2.75) is 31.5 Å². The molecule has 5 rings (SSSR count). The van der Waals surface area contributed by atoms with Crippen molar-refractivity contribution >= 4 is 17.4 Å². The van der Waals surface area contributed by atoms with E-state index in [-0.39, 0.29) is 11.3 Å². The van der Waals surface area contributed by atoms with Crippen molar-refractivity contribution in [3.05, 3.63) is 92.9 Å². The highest BCUT2D eigenvalue weighted by Crippen LogP contribution is 2.56. The highest BCUT2D eigenvalue weighted by molar-refractivity contribution is 6.11. The second kappa shape index (κ2) is 7.65. The van der Waals surface area contributed by atoms with Crippen LogP contribution in [-0.4, -0.2) is 21.8 Å². The Hall–Kier alpha value is -3.91. The number of rotatable bonds is 2. The second-order valence-corrected chi connectivity index (χ2v) is 8.09. The number of nitrogens with two attached hydrogens (primary N) is 2. The van der Waals surface area contributed by atoms with E-state index < -0.39 is 23.2 Å². The number of pyridine rings is 1. The van der Waals surface area contributed by atoms with E-state index >= 15 is 0 Å². The van der Waals surface area contributed by atoms with Gasteiger partial charge in [0.15, 0.2) is 5.78 Å². The molecule has 2 atom stereocenters. The summed E-state index contributed by atoms with van der Waals surface area (Å²) in [5.41, 5.74) is 13.4. The van der Waals surface area contributed by atoms with Crippen molar-refractivity contribution in [3.63, 3.8) is 0 Å². The van der Waals surface area contributed by atoms with Gasteiger partial charge in [-0.2, -0.15) is 0 Å². The van der Waals surface area contributed by atoms with Crippen molar-refractivity contribution in [2.75, 3.05) is 5.73 Å². The molecule has 164 valence electrons. The third-order valence-electron chi connectivity index (χ3n) is 5.75. The van der Waals surface area contributed by atoms with Gasteiger partial charge in [-0.05, 0) is 35.7 Å². The number of hydrogen-bond donors (Lipinski definition) is 4. The minimum absolute atomic E-state index is 0.0116. The first-order valence-electron chi connectivity index (χ1n) is 10.1. The molecule has 8 heteroatoms. The van der Waals surface area contributed by atoms with Gasteiger partial charge in [-0.1, -0.05) is 38.1 Å². The van der Waals surface area contributed by atoms with E-state index in [1.807, 2.05) is 18.2 Å². The van der Waals surface area contributed by atoms with Gasteiger partial charge in [0.25, 0.3) is 11.5 Å². The number of nitrogens with one attached hydrogen (secondary N) is 1. The summed E-state index contributed by atoms with van der Waals surface area (Å²) in [6, 6.07) is 13.8. The number of hydrogen-bond acceptors (Lipinski definition) is 6. The first-order chi connectivity index (χ1) is 15.1. The number of anilines is 1. The van der Waals surface area contributed by atoms with Crippen LogP contribution in [0.3, 0.4) is 0 Å². The zero-order valence-electron chi connectivity index (χ0n) is 17.6. The van der Waals surface area contributed by atoms with Crippen LogP contribution in [0, 0.1) is 0 Å². The molecule has 0 radical (unpaired) electrons. The Morgan fingerprint density at radius 1 is 1.16 bits per heavy atom. The van der Waals surface area contributed by atoms with E-state index in [2.05, 4.69) is 18.8 Å². The van der Waals surface area contributed by atoms with E-state index in [1.54, 1.807) is 24.3 Å². The van der Waals surface area contributed by atoms with E-state index in [0.29, 0.717) is 28.5 Å². The number of H-pyrrole nitrogens is 1. The smallest absolute Gasteiger partial charge is 0.260 e. The summed E-state index contributed by atoms with van der Waals surface area (Å²) in [5.74, 6) is -2.32. The van der Waals surface area contributed by atoms with Crippen LogP contribution in [0.25, 0.3) is 0 Å². The fourth-order valence-corrected chi connectivity index (χ4v) is 4.11. The molecule has 3 aromatic rings. The quantitative estimate of drug-likeness (QED) is 0.456. The lowest BCUT2D eigenvalue weighted by Crippen LogP contribution is -2.32. The molecule has 0 saturated heterocycles. The third-order valence-corrected chi connectivity index (χ3v) is 5.75. The topological polar surface area (TPSA) is 148 Å². The highest BCUT2D eigenvalue weighted by atomic mass is 16.6. The van der Waals surface area contributed by atoms with Crippen LogP contribution < -0.4 is 21.8 Å². The number of fused-ring (bicyclic) bond motifs is 5. The highest BCUT2D eigenvalue weighted by Gasteiger charge is 2.59. The van der Waals surface area contributed by atoms with Crippen molar-refractivity contribution in [3.8, 4) is 5.75 Å². The normalized spacial score (nSPS) is 20.0. The predicted molar refractivity (Wildman–Crippen MR) is 119 cm³/mol. The maximum absolute atomic E-state index is 12.8. The third kappa shape index (κ3) is 3.25. The number of ketones is 1. The number of aliphatic hydroxyl groups is 1. The second-order valence-electron chi connectivity index (χ2n) is 8.09. The van der Waals surface area contributed by atoms with Gasteiger partial charge in [0.1, 0.15) is 17.2 Å². The predicted octanol–water partition coefficient (Wildman–Crippen LogP) is 2.38. The van der Waals surface area contributed by atoms with E-state index in [9.17, 15) is 19.5 Å². The Labute approximate surface area is 183 Å². The van der Waals surface area contributed by atoms with Gasteiger partial charge in [-0.25, -0.2) is 0 Å². The molecule has 0 bridgehead atoms. The maximum atomic E-state index is 12.8. The average molecular weight is 433 g/mol. The monoisotopic (exact) mass is 433 g/mol. The van der Waals surface area contributed by atoms with E-state index in [1.165, 1.54) is 12.3 Å². The maximum Gasteiger partial charge on any atom is 0.260 e. The number of amides is 1. The molecule has 1 amide bonds. The van der Waals surface area contributed by atoms with Gasteiger partial charge in [-0.15, -0.1) is 0 Å². The number of nitrogen functional groups attached to an aromatic ring is 1. The summed E-state index contributed by atoms with van der Waals surface area (Å²) >= 11 is 0. The number of Topliss-reactive ketones (excluding diaryl/α,β-unsaturated/α-hetero) is 1. The van der Waals surface area contributed by atoms with Gasteiger partial charge in [0, 0.05) is 23.0 Å². The molecular weight excluding hydrogens is 410 g/mol. The van der Waals surface area contributed by atoms with Gasteiger partial charge < -0.3 is 26.3 Å². The zero-order valence-corrected chi connectivity index (χ0v) is 17.6. The van der Waals surface area contributed by atoms with Gasteiger partial charge in [-0.3, -0.25) is 14.4 Å². The molecular formula is C24H23N3O5. The Morgan fingerprint density at radius 3 is 2.53 bits per heavy atom. The summed E-state index contributed by atoms with van der Waals surface area (Å²) in [4.78, 5) is 36.2. The molecule has 6 N–H and O–H groups in total. The summed E-state index contributed by atoms with van der Waals surface area (Å²) in [6.07, 6.45) is 1.44. The zero-order chi connectivity index (χ0) is 23.2. The van der Waals surface area contributed by atoms with E-state index in [4.69, 9.17) is 16.2 Å². The van der Waals surface area contributed by atoms with Crippen LogP contribution >= 0.6 is 0 Å². The van der Waals surface area contributed by atoms with Gasteiger partial charge in [0.05, 0.1) is 5.56 Å². The van der Waals surface area contributed by atoms with Crippen LogP contribution in [-0.2, 0) is 5.79 Å². The lowest BCUT2D eigenvalue weighted by atomic mass is 9.91. The minimum Gasteiger partial charge on any atom is -0.457 e. The number of carbonyl (C=O) groups is 2. The molecule has 0 spiro atoms. The molecule has 0 fully saturated rings. The molecule has 32 heavy (non-hydrogen) atoms. The van der Waals surface area contributed by atoms with Crippen LogP contribution in [0.15, 0.2) is 59.5 Å². The number of primary amides is 1. The molecule has 2 heterocycles. The average Bonchev–Trinajstić information content (AvgIpc) is 3.16. The molecule has 2 unspecified atom stereocenters. The molecule has 8 nitrogen and oxygen atoms in total. The van der Waals surface area contributed by atoms with Crippen LogP contribution in [0.1, 0.15) is 63.1 Å². The molecule has 2 aromatic carbocycles. The summed E-state index contributed by atoms with van der Waals surface area (Å²) < 4.78 is 5.84. The molecule has 1 aliphatic heterocycles. The molecule has 0 saturated carbocycles. The molecule has 1 aromatic heterocycles. The Kier molecular flexibility index (Phi) is 5.10. The van der Waals surface area contributed by atoms with Gasteiger partial charge in [0.2, 0.25) is 5.79 Å². The fourth-order valence-electron chi connectivity index (χ4n) is 4.11. The lowest BCUT2D eigenvalue weighted by molar-refractivity contribution is -0.134. The Morgan fingerprint density at radius 2 is 1.91 bits per heavy atom. The first-order valence-corrected chi connectivity index (χ1v) is 10.1. The largest absolute Gasteiger partial charge is 0.457 e. The summed E-state index contributed by atoms with van der Waals surface area (Å²) in [6.45, 7) is 4.18. The standard InChI is InChI=1S/C18H17NO3.C6H6N2O2/c1-9(2)10-6-7-11-14(8-10)22-18(21)12-4-3-5-13(19)15(12)17(20)16(11)18;7-5(9)4-2-1-3-8-6(4)10/h3-9,16,21H,19H2,1-2H3;1-3H,(H2,7,9)(H,8,10). The Bertz CT molecular complexity index is 1300. The summed E-state index contributed by atoms with van der Waals surface area (Å²) in [5, 5.41) is 11.0. The lowest BCUT2D eigenvalue weighted by Gasteiger charge is -2.22. The van der Waals surface area contributed by atoms with Crippen LogP contribution in [0.2, 0.25) is 0 Å². The number of ether oxygens (including phenoxy) is 1. The number of benzene rings is 2. The SMILES string of the molecule is CC(C)c1ccc2c(c1)OC1(O)c3cccc(N)c3C(=O)C21.NC(=O)c1ccc[nH]c1=O. The summed E-state index contributed by atoms with van der Waals surface area (Å²) in [7, 11) is 0. The van der Waals surface area contributed by atoms with Crippen molar-refractivity contribution in [2.24, 2.45) is 5.73 Å². The van der Waals surface area contributed by atoms with Crippen molar-refractivity contribution in [1.29, 1.82) is 0 Å². The van der Waals surface area contributed by atoms with E-state index in [0.717, 1.165) is 11.1 Å². The first kappa shape index (κ1) is 21.3. The Balaban J connectivity index is 0.000000207. The number of aromatic amines is 1. The number of aromatic nitrogens is 1. The van der Waals surface area contributed by atoms with Crippen LogP contribution in [0.4, 0.5) is 5.69 Å². The van der Waals surface area contributed by atoms with Crippen molar-refractivity contribution < 1.29 is 19.4 Å². The minimum atomic E-state index is -1.64.